The van der Waals surface area contributed by atoms with Crippen LogP contribution in [0.25, 0.3) is 28.0 Å². The quantitative estimate of drug-likeness (QED) is 0.368. The summed E-state index contributed by atoms with van der Waals surface area (Å²) in [5.41, 5.74) is 6.57. The minimum atomic E-state index is 0.161. The van der Waals surface area contributed by atoms with E-state index in [2.05, 4.69) is 52.8 Å². The van der Waals surface area contributed by atoms with E-state index in [1.54, 1.807) is 0 Å². The summed E-state index contributed by atoms with van der Waals surface area (Å²) >= 11 is 0. The Labute approximate surface area is 178 Å². The maximum atomic E-state index is 5.77. The second-order valence-electron chi connectivity index (χ2n) is 8.13. The van der Waals surface area contributed by atoms with Gasteiger partial charge in [-0.2, -0.15) is 0 Å². The molecule has 0 fully saturated rings. The average molecular weight is 401 g/mol. The van der Waals surface area contributed by atoms with Crippen LogP contribution in [-0.2, 0) is 0 Å². The molecule has 0 aliphatic rings. The van der Waals surface area contributed by atoms with E-state index in [1.807, 2.05) is 58.2 Å². The van der Waals surface area contributed by atoms with Crippen molar-refractivity contribution in [1.82, 2.24) is 9.38 Å². The molecule has 4 rings (SSSR count). The molecule has 154 valence electrons. The molecule has 2 heterocycles. The van der Waals surface area contributed by atoms with Crippen LogP contribution >= 0.6 is 0 Å². The van der Waals surface area contributed by atoms with Crippen LogP contribution in [0.5, 0.6) is 11.5 Å². The molecule has 0 unspecified atom stereocenters. The van der Waals surface area contributed by atoms with Gasteiger partial charge in [-0.15, -0.1) is 0 Å². The normalized spacial score (nSPS) is 11.4. The van der Waals surface area contributed by atoms with Gasteiger partial charge in [-0.1, -0.05) is 12.1 Å². The highest BCUT2D eigenvalue weighted by Crippen LogP contribution is 2.29. The molecule has 0 aliphatic heterocycles. The lowest BCUT2D eigenvalue weighted by atomic mass is 10.1. The largest absolute Gasteiger partial charge is 0.491 e. The maximum Gasteiger partial charge on any atom is 0.140 e. The Kier molecular flexibility index (Phi) is 5.49. The summed E-state index contributed by atoms with van der Waals surface area (Å²) in [5, 5.41) is 0. The van der Waals surface area contributed by atoms with Crippen LogP contribution in [0, 0.1) is 6.92 Å². The van der Waals surface area contributed by atoms with Gasteiger partial charge in [0.05, 0.1) is 24.1 Å². The molecule has 2 aromatic heterocycles. The molecule has 0 atom stereocenters. The highest BCUT2D eigenvalue weighted by atomic mass is 16.5. The van der Waals surface area contributed by atoms with E-state index in [0.29, 0.717) is 0 Å². The molecule has 0 N–H and O–H groups in total. The van der Waals surface area contributed by atoms with E-state index in [9.17, 15) is 0 Å². The van der Waals surface area contributed by atoms with Crippen LogP contribution in [0.2, 0.25) is 0 Å². The molecular formula is C26H28N2O2. The topological polar surface area (TPSA) is 35.8 Å². The molecule has 0 amide bonds. The summed E-state index contributed by atoms with van der Waals surface area (Å²) in [6.45, 7) is 10.2. The molecule has 0 radical (unpaired) electrons. The highest BCUT2D eigenvalue weighted by Gasteiger charge is 2.11. The third kappa shape index (κ3) is 4.18. The molecule has 0 saturated carbocycles. The van der Waals surface area contributed by atoms with Crippen molar-refractivity contribution < 1.29 is 9.47 Å². The van der Waals surface area contributed by atoms with Gasteiger partial charge in [0.25, 0.3) is 0 Å². The van der Waals surface area contributed by atoms with Crippen molar-refractivity contribution in [3.63, 3.8) is 0 Å². The van der Waals surface area contributed by atoms with Gasteiger partial charge in [-0.05, 0) is 93.8 Å². The van der Waals surface area contributed by atoms with Crippen LogP contribution < -0.4 is 9.47 Å². The van der Waals surface area contributed by atoms with Crippen molar-refractivity contribution >= 4 is 5.65 Å². The zero-order valence-electron chi connectivity index (χ0n) is 18.2. The molecule has 0 saturated heterocycles. The van der Waals surface area contributed by atoms with Gasteiger partial charge in [-0.3, -0.25) is 4.40 Å². The fourth-order valence-electron chi connectivity index (χ4n) is 3.60. The fourth-order valence-corrected chi connectivity index (χ4v) is 3.60. The lowest BCUT2D eigenvalue weighted by molar-refractivity contribution is 0.242. The Hall–Kier alpha value is -3.27. The molecule has 4 heteroatoms. The zero-order valence-corrected chi connectivity index (χ0v) is 18.2. The van der Waals surface area contributed by atoms with Gasteiger partial charge in [0.1, 0.15) is 17.1 Å². The Morgan fingerprint density at radius 2 is 1.27 bits per heavy atom. The van der Waals surface area contributed by atoms with Crippen molar-refractivity contribution in [3.8, 4) is 33.9 Å². The van der Waals surface area contributed by atoms with Crippen LogP contribution in [-0.4, -0.2) is 21.6 Å². The van der Waals surface area contributed by atoms with E-state index >= 15 is 0 Å². The summed E-state index contributed by atoms with van der Waals surface area (Å²) in [6.07, 6.45) is 4.42. The lowest BCUT2D eigenvalue weighted by Gasteiger charge is -2.12. The van der Waals surface area contributed by atoms with Gasteiger partial charge in [0.15, 0.2) is 0 Å². The van der Waals surface area contributed by atoms with E-state index < -0.39 is 0 Å². The minimum absolute atomic E-state index is 0.161. The third-order valence-corrected chi connectivity index (χ3v) is 4.87. The second kappa shape index (κ2) is 8.23. The van der Waals surface area contributed by atoms with E-state index in [0.717, 1.165) is 45.1 Å². The van der Waals surface area contributed by atoms with E-state index in [-0.39, 0.29) is 12.2 Å². The number of nitrogens with zero attached hydrogens (tertiary/aromatic N) is 2. The smallest absolute Gasteiger partial charge is 0.140 e. The highest BCUT2D eigenvalue weighted by molar-refractivity contribution is 5.72. The van der Waals surface area contributed by atoms with Gasteiger partial charge < -0.3 is 9.47 Å². The van der Waals surface area contributed by atoms with Crippen molar-refractivity contribution in [2.45, 2.75) is 46.8 Å². The fraction of sp³-hybridized carbons (Fsp3) is 0.269. The van der Waals surface area contributed by atoms with Crippen molar-refractivity contribution in [2.75, 3.05) is 0 Å². The Balaban J connectivity index is 1.71. The number of hydrogen-bond donors (Lipinski definition) is 0. The molecule has 0 spiro atoms. The number of hydrogen-bond acceptors (Lipinski definition) is 3. The van der Waals surface area contributed by atoms with Gasteiger partial charge >= 0.3 is 0 Å². The zero-order chi connectivity index (χ0) is 21.3. The van der Waals surface area contributed by atoms with Crippen LogP contribution in [0.3, 0.4) is 0 Å². The number of benzene rings is 2. The molecule has 4 nitrogen and oxygen atoms in total. The first kappa shape index (κ1) is 20.0. The number of imidazole rings is 1. The van der Waals surface area contributed by atoms with E-state index in [4.69, 9.17) is 9.47 Å². The Bertz CT molecular complexity index is 1140. The summed E-state index contributed by atoms with van der Waals surface area (Å²) in [6, 6.07) is 18.6. The molecule has 0 bridgehead atoms. The molecular weight excluding hydrogens is 372 g/mol. The summed E-state index contributed by atoms with van der Waals surface area (Å²) in [5.74, 6) is 1.77. The first-order chi connectivity index (χ1) is 14.4. The minimum Gasteiger partial charge on any atom is -0.491 e. The van der Waals surface area contributed by atoms with Crippen LogP contribution in [0.15, 0.2) is 67.0 Å². The number of rotatable bonds is 6. The number of ether oxygens (including phenoxy) is 2. The lowest BCUT2D eigenvalue weighted by Crippen LogP contribution is -2.05. The summed E-state index contributed by atoms with van der Waals surface area (Å²) < 4.78 is 13.7. The third-order valence-electron chi connectivity index (χ3n) is 4.87. The molecule has 30 heavy (non-hydrogen) atoms. The predicted molar refractivity (Wildman–Crippen MR) is 122 cm³/mol. The first-order valence-electron chi connectivity index (χ1n) is 10.4. The Morgan fingerprint density at radius 1 is 0.733 bits per heavy atom. The molecule has 2 aromatic carbocycles. The summed E-state index contributed by atoms with van der Waals surface area (Å²) in [4.78, 5) is 4.66. The number of pyridine rings is 1. The van der Waals surface area contributed by atoms with Gasteiger partial charge in [0.2, 0.25) is 0 Å². The first-order valence-corrected chi connectivity index (χ1v) is 10.4. The summed E-state index contributed by atoms with van der Waals surface area (Å²) in [7, 11) is 0. The standard InChI is InChI=1S/C26H28N2O2/c1-17(2)29-23-10-6-20(7-11-23)22-14-19(5)26-27-15-25(28(26)16-22)21-8-12-24(13-9-21)30-18(3)4/h6-18H,1-5H3. The van der Waals surface area contributed by atoms with Crippen molar-refractivity contribution in [2.24, 2.45) is 0 Å². The molecule has 0 aliphatic carbocycles. The Morgan fingerprint density at radius 3 is 1.80 bits per heavy atom. The van der Waals surface area contributed by atoms with Gasteiger partial charge in [0, 0.05) is 11.8 Å². The van der Waals surface area contributed by atoms with Crippen molar-refractivity contribution in [3.05, 3.63) is 72.6 Å². The van der Waals surface area contributed by atoms with Crippen molar-refractivity contribution in [1.29, 1.82) is 0 Å². The number of aryl methyl sites for hydroxylation is 1. The van der Waals surface area contributed by atoms with E-state index in [1.165, 1.54) is 0 Å². The van der Waals surface area contributed by atoms with Crippen LogP contribution in [0.4, 0.5) is 0 Å². The molecule has 4 aromatic rings. The average Bonchev–Trinajstić information content (AvgIpc) is 3.13. The monoisotopic (exact) mass is 400 g/mol. The number of aromatic nitrogens is 2. The van der Waals surface area contributed by atoms with Gasteiger partial charge in [-0.25, -0.2) is 4.98 Å². The second-order valence-corrected chi connectivity index (χ2v) is 8.13. The SMILES string of the molecule is Cc1cc(-c2ccc(OC(C)C)cc2)cn2c(-c3ccc(OC(C)C)cc3)cnc12. The maximum absolute atomic E-state index is 5.77. The van der Waals surface area contributed by atoms with Crippen LogP contribution in [0.1, 0.15) is 33.3 Å². The predicted octanol–water partition coefficient (Wildman–Crippen LogP) is 6.55. The number of fused-ring (bicyclic) bond motifs is 1.